The highest BCUT2D eigenvalue weighted by molar-refractivity contribution is 5.72. The van der Waals surface area contributed by atoms with Crippen LogP contribution in [-0.2, 0) is 11.3 Å². The van der Waals surface area contributed by atoms with Crippen LogP contribution in [0.3, 0.4) is 0 Å². The van der Waals surface area contributed by atoms with E-state index >= 15 is 0 Å². The molecule has 0 unspecified atom stereocenters. The van der Waals surface area contributed by atoms with Crippen LogP contribution < -0.4 is 0 Å². The van der Waals surface area contributed by atoms with Crippen LogP contribution in [0.1, 0.15) is 6.92 Å². The maximum Gasteiger partial charge on any atom is 0.147 e. The Bertz CT molecular complexity index is 249. The van der Waals surface area contributed by atoms with Crippen LogP contribution in [0.15, 0.2) is 30.4 Å². The van der Waals surface area contributed by atoms with Gasteiger partial charge >= 0.3 is 0 Å². The summed E-state index contributed by atoms with van der Waals surface area (Å²) in [7, 11) is 0. The van der Waals surface area contributed by atoms with E-state index in [1.807, 2.05) is 17.7 Å². The zero-order valence-corrected chi connectivity index (χ0v) is 6.40. The molecule has 0 saturated heterocycles. The Morgan fingerprint density at radius 3 is 3.00 bits per heavy atom. The average Bonchev–Trinajstić information content (AvgIpc) is 2.52. The standard InChI is InChI=1S/C8H10N2O/c1-2-8(6-11)5-10-4-3-9-7-10/h2-4,6-7H,5H2,1H3/b8-2-. The van der Waals surface area contributed by atoms with Crippen LogP contribution in [0.4, 0.5) is 0 Å². The van der Waals surface area contributed by atoms with Gasteiger partial charge in [-0.05, 0) is 6.92 Å². The van der Waals surface area contributed by atoms with Crippen molar-refractivity contribution in [1.29, 1.82) is 0 Å². The van der Waals surface area contributed by atoms with Crippen LogP contribution in [-0.4, -0.2) is 15.8 Å². The summed E-state index contributed by atoms with van der Waals surface area (Å²) in [5, 5.41) is 0. The first kappa shape index (κ1) is 7.72. The van der Waals surface area contributed by atoms with Gasteiger partial charge in [0.2, 0.25) is 0 Å². The topological polar surface area (TPSA) is 34.9 Å². The smallest absolute Gasteiger partial charge is 0.147 e. The molecule has 0 amide bonds. The molecule has 1 heterocycles. The summed E-state index contributed by atoms with van der Waals surface area (Å²) in [5.74, 6) is 0. The Kier molecular flexibility index (Phi) is 2.60. The third-order valence-corrected chi connectivity index (χ3v) is 1.45. The van der Waals surface area contributed by atoms with E-state index in [1.54, 1.807) is 18.6 Å². The van der Waals surface area contributed by atoms with Gasteiger partial charge in [-0.1, -0.05) is 6.08 Å². The minimum absolute atomic E-state index is 0.611. The highest BCUT2D eigenvalue weighted by Gasteiger charge is 1.93. The molecule has 0 radical (unpaired) electrons. The van der Waals surface area contributed by atoms with Crippen LogP contribution in [0.2, 0.25) is 0 Å². The number of aldehydes is 1. The van der Waals surface area contributed by atoms with Gasteiger partial charge in [-0.3, -0.25) is 4.79 Å². The number of rotatable bonds is 3. The minimum Gasteiger partial charge on any atom is -0.333 e. The van der Waals surface area contributed by atoms with Crippen molar-refractivity contribution in [2.45, 2.75) is 13.5 Å². The fourth-order valence-electron chi connectivity index (χ4n) is 0.788. The fraction of sp³-hybridized carbons (Fsp3) is 0.250. The van der Waals surface area contributed by atoms with Crippen molar-refractivity contribution in [3.63, 3.8) is 0 Å². The molecule has 0 aromatic carbocycles. The molecule has 1 aromatic heterocycles. The second-order valence-electron chi connectivity index (χ2n) is 2.22. The second kappa shape index (κ2) is 3.71. The molecule has 1 rings (SSSR count). The van der Waals surface area contributed by atoms with Crippen molar-refractivity contribution in [3.8, 4) is 0 Å². The van der Waals surface area contributed by atoms with E-state index in [0.717, 1.165) is 11.9 Å². The lowest BCUT2D eigenvalue weighted by Gasteiger charge is -1.98. The predicted octanol–water partition coefficient (Wildman–Crippen LogP) is 1.03. The molecular formula is C8H10N2O. The van der Waals surface area contributed by atoms with E-state index in [1.165, 1.54) is 0 Å². The molecule has 3 nitrogen and oxygen atoms in total. The van der Waals surface area contributed by atoms with Gasteiger partial charge in [0.15, 0.2) is 0 Å². The quantitative estimate of drug-likeness (QED) is 0.476. The van der Waals surface area contributed by atoms with E-state index in [-0.39, 0.29) is 0 Å². The Morgan fingerprint density at radius 2 is 2.55 bits per heavy atom. The third-order valence-electron chi connectivity index (χ3n) is 1.45. The largest absolute Gasteiger partial charge is 0.333 e. The number of aromatic nitrogens is 2. The van der Waals surface area contributed by atoms with Crippen molar-refractivity contribution < 1.29 is 4.79 Å². The third kappa shape index (κ3) is 2.04. The summed E-state index contributed by atoms with van der Waals surface area (Å²) in [6.45, 7) is 2.46. The SMILES string of the molecule is C/C=C(\C=O)Cn1ccnc1. The van der Waals surface area contributed by atoms with Gasteiger partial charge in [-0.25, -0.2) is 4.98 Å². The lowest BCUT2D eigenvalue weighted by atomic mass is 10.3. The zero-order chi connectivity index (χ0) is 8.10. The maximum absolute atomic E-state index is 10.4. The highest BCUT2D eigenvalue weighted by atomic mass is 16.1. The average molecular weight is 150 g/mol. The Balaban J connectivity index is 2.62. The monoisotopic (exact) mass is 150 g/mol. The van der Waals surface area contributed by atoms with E-state index < -0.39 is 0 Å². The Morgan fingerprint density at radius 1 is 1.73 bits per heavy atom. The van der Waals surface area contributed by atoms with E-state index in [0.29, 0.717) is 6.54 Å². The van der Waals surface area contributed by atoms with E-state index in [4.69, 9.17) is 0 Å². The Hall–Kier alpha value is -1.38. The summed E-state index contributed by atoms with van der Waals surface area (Å²) in [5.41, 5.74) is 0.767. The molecule has 3 heteroatoms. The minimum atomic E-state index is 0.611. The van der Waals surface area contributed by atoms with Crippen molar-refractivity contribution in [2.75, 3.05) is 0 Å². The first-order valence-corrected chi connectivity index (χ1v) is 3.43. The second-order valence-corrected chi connectivity index (χ2v) is 2.22. The van der Waals surface area contributed by atoms with Crippen LogP contribution in [0, 0.1) is 0 Å². The van der Waals surface area contributed by atoms with Crippen molar-refractivity contribution >= 4 is 6.29 Å². The summed E-state index contributed by atoms with van der Waals surface area (Å²) in [6.07, 6.45) is 7.87. The van der Waals surface area contributed by atoms with Gasteiger partial charge in [0.05, 0.1) is 12.9 Å². The summed E-state index contributed by atoms with van der Waals surface area (Å²) < 4.78 is 1.85. The molecule has 0 aliphatic carbocycles. The summed E-state index contributed by atoms with van der Waals surface area (Å²) in [6, 6.07) is 0. The summed E-state index contributed by atoms with van der Waals surface area (Å²) >= 11 is 0. The van der Waals surface area contributed by atoms with Crippen molar-refractivity contribution in [1.82, 2.24) is 9.55 Å². The highest BCUT2D eigenvalue weighted by Crippen LogP contribution is 1.95. The molecular weight excluding hydrogens is 140 g/mol. The number of nitrogens with zero attached hydrogens (tertiary/aromatic N) is 2. The van der Waals surface area contributed by atoms with Crippen molar-refractivity contribution in [2.24, 2.45) is 0 Å². The number of allylic oxidation sites excluding steroid dienone is 2. The van der Waals surface area contributed by atoms with Crippen LogP contribution >= 0.6 is 0 Å². The van der Waals surface area contributed by atoms with Gasteiger partial charge in [0.1, 0.15) is 6.29 Å². The molecule has 0 fully saturated rings. The van der Waals surface area contributed by atoms with E-state index in [2.05, 4.69) is 4.98 Å². The number of carbonyl (C=O) groups excluding carboxylic acids is 1. The van der Waals surface area contributed by atoms with Crippen LogP contribution in [0.5, 0.6) is 0 Å². The van der Waals surface area contributed by atoms with Gasteiger partial charge < -0.3 is 4.57 Å². The lowest BCUT2D eigenvalue weighted by molar-refractivity contribution is -0.105. The van der Waals surface area contributed by atoms with Gasteiger partial charge in [0, 0.05) is 18.0 Å². The molecule has 0 saturated carbocycles. The van der Waals surface area contributed by atoms with Gasteiger partial charge in [0.25, 0.3) is 0 Å². The molecule has 11 heavy (non-hydrogen) atoms. The van der Waals surface area contributed by atoms with Gasteiger partial charge in [-0.2, -0.15) is 0 Å². The molecule has 0 spiro atoms. The Labute approximate surface area is 65.4 Å². The number of carbonyl (C=O) groups is 1. The molecule has 0 N–H and O–H groups in total. The number of hydrogen-bond acceptors (Lipinski definition) is 2. The zero-order valence-electron chi connectivity index (χ0n) is 6.40. The molecule has 0 aliphatic rings. The van der Waals surface area contributed by atoms with Crippen molar-refractivity contribution in [3.05, 3.63) is 30.4 Å². The number of hydrogen-bond donors (Lipinski definition) is 0. The fourth-order valence-corrected chi connectivity index (χ4v) is 0.788. The molecule has 0 aliphatic heterocycles. The maximum atomic E-state index is 10.4. The van der Waals surface area contributed by atoms with Crippen LogP contribution in [0.25, 0.3) is 0 Å². The first-order valence-electron chi connectivity index (χ1n) is 3.43. The molecule has 58 valence electrons. The first-order chi connectivity index (χ1) is 5.36. The molecule has 0 atom stereocenters. The van der Waals surface area contributed by atoms with Gasteiger partial charge in [-0.15, -0.1) is 0 Å². The summed E-state index contributed by atoms with van der Waals surface area (Å²) in [4.78, 5) is 14.2. The lowest BCUT2D eigenvalue weighted by Crippen LogP contribution is -1.98. The number of imidazole rings is 1. The molecule has 0 bridgehead atoms. The van der Waals surface area contributed by atoms with E-state index in [9.17, 15) is 4.79 Å². The predicted molar refractivity (Wildman–Crippen MR) is 42.0 cm³/mol. The normalized spacial score (nSPS) is 11.5. The molecule has 1 aromatic rings.